The number of nitrogens with one attached hydrogen (secondary N) is 2. The number of rotatable bonds is 3. The molecule has 26 heavy (non-hydrogen) atoms. The molecule has 0 aliphatic carbocycles. The third-order valence-corrected chi connectivity index (χ3v) is 4.77. The number of hydrogen-bond donors (Lipinski definition) is 2. The van der Waals surface area contributed by atoms with Crippen molar-refractivity contribution in [3.63, 3.8) is 0 Å². The van der Waals surface area contributed by atoms with Gasteiger partial charge in [-0.25, -0.2) is 9.78 Å². The van der Waals surface area contributed by atoms with Crippen molar-refractivity contribution in [3.05, 3.63) is 52.3 Å². The van der Waals surface area contributed by atoms with Gasteiger partial charge in [0.15, 0.2) is 22.2 Å². The van der Waals surface area contributed by atoms with Gasteiger partial charge in [0.05, 0.1) is 11.2 Å². The molecule has 7 nitrogen and oxygen atoms in total. The molecule has 2 N–H and O–H groups in total. The highest BCUT2D eigenvalue weighted by Gasteiger charge is 2.13. The van der Waals surface area contributed by atoms with E-state index in [2.05, 4.69) is 15.3 Å². The Morgan fingerprint density at radius 1 is 1.08 bits per heavy atom. The molecule has 5 rings (SSSR count). The number of aromatic nitrogens is 2. The van der Waals surface area contributed by atoms with Crippen molar-refractivity contribution in [3.8, 4) is 22.8 Å². The lowest BCUT2D eigenvalue weighted by Crippen LogP contribution is -2.15. The molecule has 130 valence electrons. The summed E-state index contributed by atoms with van der Waals surface area (Å²) in [7, 11) is 0. The third kappa shape index (κ3) is 2.70. The summed E-state index contributed by atoms with van der Waals surface area (Å²) in [4.78, 5) is 18.5. The number of oxazole rings is 1. The fourth-order valence-corrected chi connectivity index (χ4v) is 3.55. The lowest BCUT2D eigenvalue weighted by Gasteiger charge is -2.18. The molecule has 0 amide bonds. The van der Waals surface area contributed by atoms with Crippen molar-refractivity contribution in [1.82, 2.24) is 9.97 Å². The lowest BCUT2D eigenvalue weighted by atomic mass is 10.1. The predicted octanol–water partition coefficient (Wildman–Crippen LogP) is 3.76. The molecule has 0 fully saturated rings. The number of H-pyrrole nitrogens is 1. The average Bonchev–Trinajstić information content (AvgIpc) is 3.26. The topological polar surface area (TPSA) is 89.4 Å². The summed E-state index contributed by atoms with van der Waals surface area (Å²) in [5, 5.41) is 5.99. The maximum Gasteiger partial charge on any atom is 0.417 e. The van der Waals surface area contributed by atoms with Gasteiger partial charge in [0.1, 0.15) is 13.2 Å². The Bertz CT molecular complexity index is 1160. The van der Waals surface area contributed by atoms with Crippen LogP contribution in [0.15, 0.2) is 51.0 Å². The molecular formula is C18H13N3O4S. The monoisotopic (exact) mass is 367 g/mol. The summed E-state index contributed by atoms with van der Waals surface area (Å²) in [5.41, 5.74) is 3.75. The van der Waals surface area contributed by atoms with E-state index in [4.69, 9.17) is 13.9 Å². The molecule has 0 unspecified atom stereocenters. The molecule has 0 saturated carbocycles. The maximum absolute atomic E-state index is 11.3. The highest BCUT2D eigenvalue weighted by molar-refractivity contribution is 7.14. The highest BCUT2D eigenvalue weighted by Crippen LogP contribution is 2.35. The number of thiazole rings is 1. The zero-order chi connectivity index (χ0) is 17.5. The van der Waals surface area contributed by atoms with E-state index in [0.29, 0.717) is 24.3 Å². The van der Waals surface area contributed by atoms with Crippen LogP contribution in [0, 0.1) is 0 Å². The fraction of sp³-hybridized carbons (Fsp3) is 0.111. The van der Waals surface area contributed by atoms with Crippen molar-refractivity contribution in [1.29, 1.82) is 0 Å². The number of nitrogens with zero attached hydrogens (tertiary/aromatic N) is 1. The van der Waals surface area contributed by atoms with E-state index in [1.807, 2.05) is 35.7 Å². The van der Waals surface area contributed by atoms with Gasteiger partial charge >= 0.3 is 5.76 Å². The number of fused-ring (bicyclic) bond motifs is 2. The lowest BCUT2D eigenvalue weighted by molar-refractivity contribution is 0.171. The molecule has 8 heteroatoms. The molecule has 0 radical (unpaired) electrons. The Hall–Kier alpha value is -3.26. The van der Waals surface area contributed by atoms with Gasteiger partial charge in [-0.15, -0.1) is 11.3 Å². The van der Waals surface area contributed by atoms with Gasteiger partial charge in [0.2, 0.25) is 0 Å². The number of ether oxygens (including phenoxy) is 2. The van der Waals surface area contributed by atoms with E-state index in [0.717, 1.165) is 33.6 Å². The number of hydrogen-bond acceptors (Lipinski definition) is 7. The Kier molecular flexibility index (Phi) is 3.42. The van der Waals surface area contributed by atoms with E-state index in [9.17, 15) is 4.79 Å². The molecule has 2 aromatic carbocycles. The Morgan fingerprint density at radius 3 is 2.88 bits per heavy atom. The summed E-state index contributed by atoms with van der Waals surface area (Å²) in [6, 6.07) is 11.2. The minimum absolute atomic E-state index is 0.462. The van der Waals surface area contributed by atoms with Crippen LogP contribution in [0.25, 0.3) is 22.4 Å². The SMILES string of the molecule is O=c1[nH]c2ccc(-c3csc(Nc4ccc5c(c4)OCCO5)n3)cc2o1. The summed E-state index contributed by atoms with van der Waals surface area (Å²) in [6.45, 7) is 1.12. The van der Waals surface area contributed by atoms with Crippen molar-refractivity contribution < 1.29 is 13.9 Å². The van der Waals surface area contributed by atoms with Crippen LogP contribution >= 0.6 is 11.3 Å². The zero-order valence-electron chi connectivity index (χ0n) is 13.4. The van der Waals surface area contributed by atoms with Gasteiger partial charge in [0.25, 0.3) is 0 Å². The van der Waals surface area contributed by atoms with Crippen molar-refractivity contribution in [2.45, 2.75) is 0 Å². The van der Waals surface area contributed by atoms with Gasteiger partial charge in [-0.05, 0) is 24.3 Å². The second-order valence-corrected chi connectivity index (χ2v) is 6.60. The summed E-state index contributed by atoms with van der Waals surface area (Å²) in [6.07, 6.45) is 0. The normalized spacial score (nSPS) is 13.1. The summed E-state index contributed by atoms with van der Waals surface area (Å²) < 4.78 is 16.2. The molecule has 1 aliphatic rings. The zero-order valence-corrected chi connectivity index (χ0v) is 14.3. The Labute approximate surface area is 151 Å². The number of anilines is 2. The predicted molar refractivity (Wildman–Crippen MR) is 98.7 cm³/mol. The second-order valence-electron chi connectivity index (χ2n) is 5.75. The first-order valence-electron chi connectivity index (χ1n) is 8.00. The Morgan fingerprint density at radius 2 is 1.96 bits per heavy atom. The summed E-state index contributed by atoms with van der Waals surface area (Å²) >= 11 is 1.49. The molecular weight excluding hydrogens is 354 g/mol. The minimum atomic E-state index is -0.462. The molecule has 2 aromatic heterocycles. The fourth-order valence-electron chi connectivity index (χ4n) is 2.81. The summed E-state index contributed by atoms with van der Waals surface area (Å²) in [5.74, 6) is 1.02. The first-order valence-corrected chi connectivity index (χ1v) is 8.88. The first-order chi connectivity index (χ1) is 12.7. The van der Waals surface area contributed by atoms with Gasteiger partial charge in [-0.2, -0.15) is 0 Å². The van der Waals surface area contributed by atoms with Crippen LogP contribution in [0.2, 0.25) is 0 Å². The quantitative estimate of drug-likeness (QED) is 0.573. The standard InChI is InChI=1S/C18H13N3O4S/c22-18-21-12-3-1-10(7-15(12)25-18)13-9-26-17(20-13)19-11-2-4-14-16(8-11)24-6-5-23-14/h1-4,7-9H,5-6H2,(H,19,20)(H,21,22). The van der Waals surface area contributed by atoms with Crippen molar-refractivity contribution >= 4 is 33.3 Å². The van der Waals surface area contributed by atoms with Gasteiger partial charge < -0.3 is 19.2 Å². The molecule has 3 heterocycles. The minimum Gasteiger partial charge on any atom is -0.486 e. The van der Waals surface area contributed by atoms with E-state index in [1.165, 1.54) is 11.3 Å². The second kappa shape index (κ2) is 5.92. The molecule has 0 spiro atoms. The molecule has 0 saturated heterocycles. The molecule has 0 bridgehead atoms. The van der Waals surface area contributed by atoms with Crippen LogP contribution in [0.3, 0.4) is 0 Å². The average molecular weight is 367 g/mol. The van der Waals surface area contributed by atoms with Crippen LogP contribution in [0.5, 0.6) is 11.5 Å². The van der Waals surface area contributed by atoms with E-state index >= 15 is 0 Å². The number of aromatic amines is 1. The van der Waals surface area contributed by atoms with E-state index in [1.54, 1.807) is 6.07 Å². The van der Waals surface area contributed by atoms with Gasteiger partial charge in [0, 0.05) is 22.7 Å². The van der Waals surface area contributed by atoms with Crippen LogP contribution in [-0.4, -0.2) is 23.2 Å². The van der Waals surface area contributed by atoms with Gasteiger partial charge in [-0.1, -0.05) is 6.07 Å². The van der Waals surface area contributed by atoms with Crippen molar-refractivity contribution in [2.75, 3.05) is 18.5 Å². The smallest absolute Gasteiger partial charge is 0.417 e. The highest BCUT2D eigenvalue weighted by atomic mass is 32.1. The van der Waals surface area contributed by atoms with E-state index < -0.39 is 5.76 Å². The van der Waals surface area contributed by atoms with Crippen LogP contribution in [0.1, 0.15) is 0 Å². The Balaban J connectivity index is 1.41. The third-order valence-electron chi connectivity index (χ3n) is 4.01. The van der Waals surface area contributed by atoms with E-state index in [-0.39, 0.29) is 0 Å². The number of benzene rings is 2. The van der Waals surface area contributed by atoms with Crippen LogP contribution in [0.4, 0.5) is 10.8 Å². The largest absolute Gasteiger partial charge is 0.486 e. The van der Waals surface area contributed by atoms with Crippen LogP contribution in [-0.2, 0) is 0 Å². The van der Waals surface area contributed by atoms with Crippen molar-refractivity contribution in [2.24, 2.45) is 0 Å². The molecule has 0 atom stereocenters. The maximum atomic E-state index is 11.3. The van der Waals surface area contributed by atoms with Gasteiger partial charge in [-0.3, -0.25) is 4.98 Å². The van der Waals surface area contributed by atoms with Crippen LogP contribution < -0.4 is 20.5 Å². The molecule has 4 aromatic rings. The molecule has 1 aliphatic heterocycles. The first kappa shape index (κ1) is 15.0.